The van der Waals surface area contributed by atoms with Crippen LogP contribution < -0.4 is 5.73 Å². The summed E-state index contributed by atoms with van der Waals surface area (Å²) in [5, 5.41) is 4.09. The second kappa shape index (κ2) is 5.95. The molecule has 1 aliphatic heterocycles. The minimum atomic E-state index is -0.420. The van der Waals surface area contributed by atoms with Crippen LogP contribution in [0.25, 0.3) is 0 Å². The molecule has 0 saturated carbocycles. The highest BCUT2D eigenvalue weighted by Gasteiger charge is 2.35. The number of benzene rings is 1. The van der Waals surface area contributed by atoms with Crippen molar-refractivity contribution in [2.24, 2.45) is 5.73 Å². The quantitative estimate of drug-likeness (QED) is 0.936. The number of aromatic nitrogens is 2. The molecule has 1 saturated heterocycles. The molecule has 0 spiro atoms. The second-order valence-electron chi connectivity index (χ2n) is 5.77. The van der Waals surface area contributed by atoms with E-state index in [9.17, 15) is 0 Å². The maximum absolute atomic E-state index is 6.19. The van der Waals surface area contributed by atoms with E-state index in [1.807, 2.05) is 37.3 Å². The van der Waals surface area contributed by atoms with Gasteiger partial charge in [0, 0.05) is 19.1 Å². The smallest absolute Gasteiger partial charge is 0.228 e. The third-order valence-electron chi connectivity index (χ3n) is 4.03. The highest BCUT2D eigenvalue weighted by Crippen LogP contribution is 2.32. The van der Waals surface area contributed by atoms with E-state index < -0.39 is 5.60 Å². The van der Waals surface area contributed by atoms with Gasteiger partial charge in [-0.25, -0.2) is 0 Å². The highest BCUT2D eigenvalue weighted by atomic mass is 16.5. The largest absolute Gasteiger partial charge is 0.367 e. The molecule has 1 aromatic heterocycles. The molecule has 0 bridgehead atoms. The fraction of sp³-hybridized carbons (Fsp3) is 0.500. The molecule has 1 aromatic carbocycles. The van der Waals surface area contributed by atoms with Gasteiger partial charge in [0.2, 0.25) is 11.7 Å². The second-order valence-corrected chi connectivity index (χ2v) is 5.77. The van der Waals surface area contributed by atoms with Crippen LogP contribution in [-0.2, 0) is 16.8 Å². The fourth-order valence-electron chi connectivity index (χ4n) is 2.67. The lowest BCUT2D eigenvalue weighted by Crippen LogP contribution is -2.31. The molecule has 0 radical (unpaired) electrons. The van der Waals surface area contributed by atoms with Gasteiger partial charge in [0.15, 0.2) is 0 Å². The Labute approximate surface area is 124 Å². The van der Waals surface area contributed by atoms with E-state index in [0.29, 0.717) is 18.1 Å². The summed E-state index contributed by atoms with van der Waals surface area (Å²) in [6, 6.07) is 9.81. The Balaban J connectivity index is 1.70. The SMILES string of the molecule is CC1(c2noc(CC(N)c3ccccc3)n2)CCCCO1. The zero-order valence-corrected chi connectivity index (χ0v) is 12.3. The van der Waals surface area contributed by atoms with Gasteiger partial charge in [0.05, 0.1) is 0 Å². The molecule has 5 heteroatoms. The third kappa shape index (κ3) is 3.14. The summed E-state index contributed by atoms with van der Waals surface area (Å²) >= 11 is 0. The Morgan fingerprint density at radius 1 is 1.29 bits per heavy atom. The van der Waals surface area contributed by atoms with Crippen LogP contribution >= 0.6 is 0 Å². The van der Waals surface area contributed by atoms with Crippen molar-refractivity contribution in [1.29, 1.82) is 0 Å². The Hall–Kier alpha value is -1.72. The Bertz CT molecular complexity index is 576. The molecular weight excluding hydrogens is 266 g/mol. The predicted molar refractivity (Wildman–Crippen MR) is 78.5 cm³/mol. The van der Waals surface area contributed by atoms with Crippen LogP contribution in [-0.4, -0.2) is 16.7 Å². The molecule has 2 heterocycles. The van der Waals surface area contributed by atoms with Crippen LogP contribution in [0.4, 0.5) is 0 Å². The molecule has 112 valence electrons. The average molecular weight is 287 g/mol. The molecule has 2 atom stereocenters. The van der Waals surface area contributed by atoms with Gasteiger partial charge in [-0.05, 0) is 31.7 Å². The standard InChI is InChI=1S/C16H21N3O2/c1-16(9-5-6-10-20-16)15-18-14(21-19-15)11-13(17)12-7-3-2-4-8-12/h2-4,7-8,13H,5-6,9-11,17H2,1H3. The third-order valence-corrected chi connectivity index (χ3v) is 4.03. The zero-order chi connectivity index (χ0) is 14.7. The van der Waals surface area contributed by atoms with Gasteiger partial charge in [-0.1, -0.05) is 35.5 Å². The van der Waals surface area contributed by atoms with Crippen LogP contribution in [0.3, 0.4) is 0 Å². The first-order valence-corrected chi connectivity index (χ1v) is 7.45. The van der Waals surface area contributed by atoms with Gasteiger partial charge in [-0.3, -0.25) is 0 Å². The van der Waals surface area contributed by atoms with E-state index in [-0.39, 0.29) is 6.04 Å². The van der Waals surface area contributed by atoms with Gasteiger partial charge in [-0.15, -0.1) is 0 Å². The first-order chi connectivity index (χ1) is 10.2. The lowest BCUT2D eigenvalue weighted by atomic mass is 9.95. The first kappa shape index (κ1) is 14.2. The number of hydrogen-bond acceptors (Lipinski definition) is 5. The molecule has 3 rings (SSSR count). The first-order valence-electron chi connectivity index (χ1n) is 7.45. The normalized spacial score (nSPS) is 23.9. The fourth-order valence-corrected chi connectivity index (χ4v) is 2.67. The van der Waals surface area contributed by atoms with E-state index in [1.54, 1.807) is 0 Å². The minimum Gasteiger partial charge on any atom is -0.367 e. The summed E-state index contributed by atoms with van der Waals surface area (Å²) in [5.74, 6) is 1.20. The van der Waals surface area contributed by atoms with E-state index in [1.165, 1.54) is 0 Å². The van der Waals surface area contributed by atoms with Crippen molar-refractivity contribution in [1.82, 2.24) is 10.1 Å². The predicted octanol–water partition coefficient (Wildman–Crippen LogP) is 2.73. The summed E-state index contributed by atoms with van der Waals surface area (Å²) in [4.78, 5) is 4.49. The zero-order valence-electron chi connectivity index (χ0n) is 12.3. The van der Waals surface area contributed by atoms with Gasteiger partial charge in [0.25, 0.3) is 0 Å². The number of hydrogen-bond donors (Lipinski definition) is 1. The van der Waals surface area contributed by atoms with Gasteiger partial charge < -0.3 is 15.0 Å². The summed E-state index contributed by atoms with van der Waals surface area (Å²) in [6.07, 6.45) is 3.69. The van der Waals surface area contributed by atoms with Gasteiger partial charge in [-0.2, -0.15) is 4.98 Å². The summed E-state index contributed by atoms with van der Waals surface area (Å²) in [6.45, 7) is 2.78. The molecule has 5 nitrogen and oxygen atoms in total. The molecule has 2 aromatic rings. The van der Waals surface area contributed by atoms with Crippen molar-refractivity contribution in [2.45, 2.75) is 44.2 Å². The number of rotatable bonds is 4. The summed E-state index contributed by atoms with van der Waals surface area (Å²) in [7, 11) is 0. The van der Waals surface area contributed by atoms with Crippen molar-refractivity contribution in [2.75, 3.05) is 6.61 Å². The molecule has 1 fully saturated rings. The number of ether oxygens (including phenoxy) is 1. The molecular formula is C16H21N3O2. The molecule has 1 aliphatic rings. The molecule has 21 heavy (non-hydrogen) atoms. The summed E-state index contributed by atoms with van der Waals surface area (Å²) in [5.41, 5.74) is 6.84. The van der Waals surface area contributed by atoms with Gasteiger partial charge in [0.1, 0.15) is 5.60 Å². The monoisotopic (exact) mass is 287 g/mol. The number of nitrogens with two attached hydrogens (primary N) is 1. The van der Waals surface area contributed by atoms with Gasteiger partial charge >= 0.3 is 0 Å². The van der Waals surface area contributed by atoms with Crippen LogP contribution in [0.2, 0.25) is 0 Å². The Morgan fingerprint density at radius 2 is 2.10 bits per heavy atom. The highest BCUT2D eigenvalue weighted by molar-refractivity contribution is 5.19. The van der Waals surface area contributed by atoms with Crippen LogP contribution in [0.1, 0.15) is 49.5 Å². The average Bonchev–Trinajstić information content (AvgIpc) is 2.98. The van der Waals surface area contributed by atoms with Crippen LogP contribution in [0.15, 0.2) is 34.9 Å². The van der Waals surface area contributed by atoms with E-state index >= 15 is 0 Å². The molecule has 0 aliphatic carbocycles. The van der Waals surface area contributed by atoms with E-state index in [4.69, 9.17) is 15.0 Å². The topological polar surface area (TPSA) is 74.2 Å². The lowest BCUT2D eigenvalue weighted by Gasteiger charge is -2.30. The lowest BCUT2D eigenvalue weighted by molar-refractivity contribution is -0.0770. The van der Waals surface area contributed by atoms with Crippen molar-refractivity contribution >= 4 is 0 Å². The van der Waals surface area contributed by atoms with Crippen LogP contribution in [0, 0.1) is 0 Å². The molecule has 2 unspecified atom stereocenters. The Kier molecular flexibility index (Phi) is 4.03. The van der Waals surface area contributed by atoms with Crippen molar-refractivity contribution < 1.29 is 9.26 Å². The molecule has 0 amide bonds. The van der Waals surface area contributed by atoms with E-state index in [2.05, 4.69) is 10.1 Å². The minimum absolute atomic E-state index is 0.139. The number of nitrogens with zero attached hydrogens (tertiary/aromatic N) is 2. The van der Waals surface area contributed by atoms with Crippen molar-refractivity contribution in [3.05, 3.63) is 47.6 Å². The van der Waals surface area contributed by atoms with Crippen molar-refractivity contribution in [3.8, 4) is 0 Å². The van der Waals surface area contributed by atoms with E-state index in [0.717, 1.165) is 31.4 Å². The van der Waals surface area contributed by atoms with Crippen molar-refractivity contribution in [3.63, 3.8) is 0 Å². The maximum atomic E-state index is 6.19. The molecule has 2 N–H and O–H groups in total. The maximum Gasteiger partial charge on any atom is 0.228 e. The Morgan fingerprint density at radius 3 is 2.81 bits per heavy atom. The summed E-state index contributed by atoms with van der Waals surface area (Å²) < 4.78 is 11.2. The van der Waals surface area contributed by atoms with Crippen LogP contribution in [0.5, 0.6) is 0 Å².